The maximum atomic E-state index is 6.61. The second-order valence-electron chi connectivity index (χ2n) is 5.60. The Balaban J connectivity index is 2.12. The molecule has 3 rings (SSSR count). The lowest BCUT2D eigenvalue weighted by Gasteiger charge is -2.28. The molecule has 0 aromatic heterocycles. The maximum absolute atomic E-state index is 6.61. The van der Waals surface area contributed by atoms with E-state index in [4.69, 9.17) is 15.2 Å². The number of fused-ring (bicyclic) bond motifs is 1. The van der Waals surface area contributed by atoms with Crippen LogP contribution in [0.15, 0.2) is 10.5 Å². The highest BCUT2D eigenvalue weighted by molar-refractivity contribution is 9.10. The van der Waals surface area contributed by atoms with E-state index in [0.29, 0.717) is 13.2 Å². The Morgan fingerprint density at radius 1 is 1.11 bits per heavy atom. The number of hydrogen-bond donors (Lipinski definition) is 1. The van der Waals surface area contributed by atoms with Crippen LogP contribution in [-0.4, -0.2) is 13.2 Å². The van der Waals surface area contributed by atoms with Gasteiger partial charge in [0.1, 0.15) is 0 Å². The van der Waals surface area contributed by atoms with E-state index in [-0.39, 0.29) is 5.54 Å². The molecule has 1 aliphatic heterocycles. The van der Waals surface area contributed by atoms with Crippen molar-refractivity contribution < 1.29 is 9.47 Å². The van der Waals surface area contributed by atoms with E-state index in [1.165, 1.54) is 18.4 Å². The molecular weight excluding hydrogens is 306 g/mol. The molecule has 1 aromatic rings. The van der Waals surface area contributed by atoms with Gasteiger partial charge in [0.05, 0.1) is 17.7 Å². The summed E-state index contributed by atoms with van der Waals surface area (Å²) in [5, 5.41) is 0. The van der Waals surface area contributed by atoms with Gasteiger partial charge in [-0.1, -0.05) is 12.8 Å². The summed E-state index contributed by atoms with van der Waals surface area (Å²) >= 11 is 3.61. The van der Waals surface area contributed by atoms with Crippen LogP contribution in [0.3, 0.4) is 0 Å². The normalized spacial score (nSPS) is 21.2. The van der Waals surface area contributed by atoms with Gasteiger partial charge in [-0.25, -0.2) is 0 Å². The van der Waals surface area contributed by atoms with Gasteiger partial charge in [-0.3, -0.25) is 0 Å². The van der Waals surface area contributed by atoms with Gasteiger partial charge in [0.15, 0.2) is 11.5 Å². The van der Waals surface area contributed by atoms with Gasteiger partial charge in [0, 0.05) is 17.5 Å². The molecule has 0 unspecified atom stereocenters. The molecule has 1 heterocycles. The molecule has 0 saturated heterocycles. The Bertz CT molecular complexity index is 495. The van der Waals surface area contributed by atoms with Crippen molar-refractivity contribution in [3.8, 4) is 11.5 Å². The molecule has 1 saturated carbocycles. The predicted octanol–water partition coefficient (Wildman–Crippen LogP) is 3.65. The molecule has 2 aliphatic rings. The molecule has 104 valence electrons. The van der Waals surface area contributed by atoms with Crippen molar-refractivity contribution in [1.29, 1.82) is 0 Å². The zero-order valence-electron chi connectivity index (χ0n) is 11.3. The van der Waals surface area contributed by atoms with Crippen LogP contribution < -0.4 is 15.2 Å². The smallest absolute Gasteiger partial charge is 0.175 e. The third-order valence-electron chi connectivity index (χ3n) is 4.25. The van der Waals surface area contributed by atoms with Crippen molar-refractivity contribution in [2.75, 3.05) is 13.2 Å². The Kier molecular flexibility index (Phi) is 3.48. The van der Waals surface area contributed by atoms with E-state index in [1.807, 2.05) is 0 Å². The number of nitrogens with two attached hydrogens (primary N) is 1. The molecular formula is C15H20BrNO2. The molecule has 3 nitrogen and oxygen atoms in total. The molecule has 4 heteroatoms. The molecule has 0 bridgehead atoms. The Labute approximate surface area is 122 Å². The van der Waals surface area contributed by atoms with Crippen molar-refractivity contribution in [1.82, 2.24) is 0 Å². The van der Waals surface area contributed by atoms with Crippen LogP contribution in [-0.2, 0) is 5.54 Å². The van der Waals surface area contributed by atoms with E-state index in [2.05, 4.69) is 28.9 Å². The van der Waals surface area contributed by atoms with Crippen LogP contribution in [0.25, 0.3) is 0 Å². The summed E-state index contributed by atoms with van der Waals surface area (Å²) in [6.45, 7) is 3.52. The lowest BCUT2D eigenvalue weighted by Crippen LogP contribution is -2.34. The topological polar surface area (TPSA) is 44.5 Å². The van der Waals surface area contributed by atoms with E-state index < -0.39 is 0 Å². The monoisotopic (exact) mass is 325 g/mol. The minimum absolute atomic E-state index is 0.197. The predicted molar refractivity (Wildman–Crippen MR) is 78.8 cm³/mol. The summed E-state index contributed by atoms with van der Waals surface area (Å²) in [6, 6.07) is 2.13. The highest BCUT2D eigenvalue weighted by Gasteiger charge is 2.35. The van der Waals surface area contributed by atoms with Gasteiger partial charge in [0.25, 0.3) is 0 Å². The van der Waals surface area contributed by atoms with Crippen LogP contribution in [0.4, 0.5) is 0 Å². The summed E-state index contributed by atoms with van der Waals surface area (Å²) in [7, 11) is 0. The molecule has 0 amide bonds. The first kappa shape index (κ1) is 13.3. The quantitative estimate of drug-likeness (QED) is 0.857. The van der Waals surface area contributed by atoms with Gasteiger partial charge in [-0.15, -0.1) is 0 Å². The van der Waals surface area contributed by atoms with Crippen LogP contribution in [0, 0.1) is 6.92 Å². The SMILES string of the molecule is Cc1c(C2(N)CCCC2)cc(Br)c2c1OCCCO2. The second kappa shape index (κ2) is 4.98. The minimum Gasteiger partial charge on any atom is -0.489 e. The molecule has 0 atom stereocenters. The van der Waals surface area contributed by atoms with Crippen LogP contribution >= 0.6 is 15.9 Å². The highest BCUT2D eigenvalue weighted by atomic mass is 79.9. The zero-order valence-corrected chi connectivity index (χ0v) is 12.9. The lowest BCUT2D eigenvalue weighted by atomic mass is 9.86. The zero-order chi connectivity index (χ0) is 13.5. The van der Waals surface area contributed by atoms with Gasteiger partial charge < -0.3 is 15.2 Å². The van der Waals surface area contributed by atoms with Crippen LogP contribution in [0.1, 0.15) is 43.2 Å². The number of hydrogen-bond acceptors (Lipinski definition) is 3. The van der Waals surface area contributed by atoms with Crippen molar-refractivity contribution >= 4 is 15.9 Å². The van der Waals surface area contributed by atoms with Gasteiger partial charge in [0.2, 0.25) is 0 Å². The first-order chi connectivity index (χ1) is 9.12. The highest BCUT2D eigenvalue weighted by Crippen LogP contribution is 2.47. The average Bonchev–Trinajstić information content (AvgIpc) is 2.68. The molecule has 1 fully saturated rings. The van der Waals surface area contributed by atoms with Gasteiger partial charge in [-0.05, 0) is 47.3 Å². The second-order valence-corrected chi connectivity index (χ2v) is 6.46. The van der Waals surface area contributed by atoms with Crippen molar-refractivity contribution in [3.63, 3.8) is 0 Å². The fraction of sp³-hybridized carbons (Fsp3) is 0.600. The van der Waals surface area contributed by atoms with E-state index >= 15 is 0 Å². The van der Waals surface area contributed by atoms with Crippen LogP contribution in [0.2, 0.25) is 0 Å². The van der Waals surface area contributed by atoms with Crippen LogP contribution in [0.5, 0.6) is 11.5 Å². The fourth-order valence-electron chi connectivity index (χ4n) is 3.21. The largest absolute Gasteiger partial charge is 0.489 e. The van der Waals surface area contributed by atoms with Gasteiger partial charge in [-0.2, -0.15) is 0 Å². The van der Waals surface area contributed by atoms with Crippen molar-refractivity contribution in [3.05, 3.63) is 21.7 Å². The Morgan fingerprint density at radius 2 is 1.74 bits per heavy atom. The summed E-state index contributed by atoms with van der Waals surface area (Å²) in [4.78, 5) is 0. The maximum Gasteiger partial charge on any atom is 0.175 e. The Hall–Kier alpha value is -0.740. The molecule has 19 heavy (non-hydrogen) atoms. The fourth-order valence-corrected chi connectivity index (χ4v) is 3.73. The Morgan fingerprint density at radius 3 is 2.42 bits per heavy atom. The number of benzene rings is 1. The molecule has 2 N–H and O–H groups in total. The van der Waals surface area contributed by atoms with E-state index in [0.717, 1.165) is 40.8 Å². The standard InChI is InChI=1S/C15H20BrNO2/c1-10-11(15(17)5-2-3-6-15)9-12(16)14-13(10)18-7-4-8-19-14/h9H,2-8,17H2,1H3. The lowest BCUT2D eigenvalue weighted by molar-refractivity contribution is 0.295. The number of halogens is 1. The average molecular weight is 326 g/mol. The summed E-state index contributed by atoms with van der Waals surface area (Å²) < 4.78 is 12.7. The molecule has 1 aliphatic carbocycles. The molecule has 0 spiro atoms. The van der Waals surface area contributed by atoms with Crippen molar-refractivity contribution in [2.24, 2.45) is 5.73 Å². The summed E-state index contributed by atoms with van der Waals surface area (Å²) in [5.41, 5.74) is 8.76. The number of rotatable bonds is 1. The molecule has 1 aromatic carbocycles. The molecule has 0 radical (unpaired) electrons. The third kappa shape index (κ3) is 2.25. The van der Waals surface area contributed by atoms with E-state index in [9.17, 15) is 0 Å². The number of ether oxygens (including phenoxy) is 2. The minimum atomic E-state index is -0.197. The van der Waals surface area contributed by atoms with E-state index in [1.54, 1.807) is 0 Å². The van der Waals surface area contributed by atoms with Crippen molar-refractivity contribution in [2.45, 2.75) is 44.6 Å². The first-order valence-electron chi connectivity index (χ1n) is 7.00. The van der Waals surface area contributed by atoms with Gasteiger partial charge >= 0.3 is 0 Å². The third-order valence-corrected chi connectivity index (χ3v) is 4.84. The summed E-state index contributed by atoms with van der Waals surface area (Å²) in [5.74, 6) is 1.71. The first-order valence-corrected chi connectivity index (χ1v) is 7.79. The summed E-state index contributed by atoms with van der Waals surface area (Å²) in [6.07, 6.45) is 5.45.